The molecule has 0 aliphatic carbocycles. The molecule has 0 radical (unpaired) electrons. The summed E-state index contributed by atoms with van der Waals surface area (Å²) in [5.74, 6) is -0.584. The van der Waals surface area contributed by atoms with Gasteiger partial charge in [0.25, 0.3) is 15.9 Å². The summed E-state index contributed by atoms with van der Waals surface area (Å²) >= 11 is 0. The first-order valence-electron chi connectivity index (χ1n) is 11.2. The van der Waals surface area contributed by atoms with E-state index in [2.05, 4.69) is 21.6 Å². The molecular formula is C28H22N4O3S. The zero-order valence-electron chi connectivity index (χ0n) is 19.2. The Kier molecular flexibility index (Phi) is 6.42. The van der Waals surface area contributed by atoms with Crippen molar-refractivity contribution in [3.63, 3.8) is 0 Å². The molecule has 5 rings (SSSR count). The van der Waals surface area contributed by atoms with Crippen molar-refractivity contribution in [1.29, 1.82) is 0 Å². The highest BCUT2D eigenvalue weighted by Crippen LogP contribution is 2.27. The lowest BCUT2D eigenvalue weighted by Crippen LogP contribution is -2.39. The number of benzene rings is 4. The van der Waals surface area contributed by atoms with Crippen LogP contribution in [-0.4, -0.2) is 32.1 Å². The highest BCUT2D eigenvalue weighted by molar-refractivity contribution is 7.92. The van der Waals surface area contributed by atoms with Crippen molar-refractivity contribution < 1.29 is 13.2 Å². The molecule has 0 aliphatic heterocycles. The third kappa shape index (κ3) is 4.67. The normalized spacial score (nSPS) is 11.7. The molecule has 0 fully saturated rings. The molecule has 1 N–H and O–H groups in total. The van der Waals surface area contributed by atoms with Crippen LogP contribution >= 0.6 is 0 Å². The van der Waals surface area contributed by atoms with E-state index in [-0.39, 0.29) is 10.6 Å². The van der Waals surface area contributed by atoms with Crippen molar-refractivity contribution >= 4 is 49.4 Å². The van der Waals surface area contributed by atoms with Gasteiger partial charge in [-0.05, 0) is 51.9 Å². The first-order valence-corrected chi connectivity index (χ1v) is 12.7. The smallest absolute Gasteiger partial charge is 0.264 e. The van der Waals surface area contributed by atoms with Crippen LogP contribution in [0.2, 0.25) is 0 Å². The van der Waals surface area contributed by atoms with Crippen LogP contribution in [0.15, 0.2) is 119 Å². The van der Waals surface area contributed by atoms with Crippen molar-refractivity contribution in [2.24, 2.45) is 5.10 Å². The molecule has 0 unspecified atom stereocenters. The standard InChI is InChI=1S/C28H22N4O3S/c33-28(20-32(23-11-8-16-29-18-23)36(34,35)24-12-2-1-3-13-24)31-30-19-27-25-14-6-4-9-21(25)17-22-10-5-7-15-26(22)27/h1-19H,20H2,(H,31,33)/b30-19-. The van der Waals surface area contributed by atoms with Gasteiger partial charge < -0.3 is 0 Å². The van der Waals surface area contributed by atoms with E-state index >= 15 is 0 Å². The predicted molar refractivity (Wildman–Crippen MR) is 142 cm³/mol. The van der Waals surface area contributed by atoms with Crippen LogP contribution in [0.5, 0.6) is 0 Å². The van der Waals surface area contributed by atoms with Gasteiger partial charge in [-0.15, -0.1) is 0 Å². The monoisotopic (exact) mass is 494 g/mol. The number of rotatable bonds is 7. The molecule has 8 heteroatoms. The van der Waals surface area contributed by atoms with Gasteiger partial charge >= 0.3 is 0 Å². The SMILES string of the molecule is O=C(CN(c1cccnc1)S(=O)(=O)c1ccccc1)N/N=C\c1c2ccccc2cc2ccccc12. The van der Waals surface area contributed by atoms with E-state index in [4.69, 9.17) is 0 Å². The summed E-state index contributed by atoms with van der Waals surface area (Å²) in [7, 11) is -4.00. The van der Waals surface area contributed by atoms with Crippen LogP contribution in [0, 0.1) is 0 Å². The van der Waals surface area contributed by atoms with Crippen LogP contribution < -0.4 is 9.73 Å². The molecule has 178 valence electrons. The van der Waals surface area contributed by atoms with E-state index in [0.717, 1.165) is 31.4 Å². The van der Waals surface area contributed by atoms with Crippen LogP contribution in [0.1, 0.15) is 5.56 Å². The predicted octanol–water partition coefficient (Wildman–Crippen LogP) is 4.73. The van der Waals surface area contributed by atoms with Gasteiger partial charge in [-0.1, -0.05) is 66.7 Å². The third-order valence-electron chi connectivity index (χ3n) is 5.75. The van der Waals surface area contributed by atoms with Crippen LogP contribution in [0.25, 0.3) is 21.5 Å². The van der Waals surface area contributed by atoms with E-state index in [9.17, 15) is 13.2 Å². The maximum Gasteiger partial charge on any atom is 0.264 e. The second-order valence-corrected chi connectivity index (χ2v) is 9.92. The quantitative estimate of drug-likeness (QED) is 0.201. The fourth-order valence-corrected chi connectivity index (χ4v) is 5.49. The highest BCUT2D eigenvalue weighted by Gasteiger charge is 2.27. The molecule has 7 nitrogen and oxygen atoms in total. The zero-order valence-corrected chi connectivity index (χ0v) is 20.0. The number of carbonyl (C=O) groups excluding carboxylic acids is 1. The Bertz CT molecular complexity index is 1620. The molecule has 0 atom stereocenters. The van der Waals surface area contributed by atoms with Crippen LogP contribution in [0.4, 0.5) is 5.69 Å². The average molecular weight is 495 g/mol. The molecule has 1 heterocycles. The number of fused-ring (bicyclic) bond motifs is 2. The van der Waals surface area contributed by atoms with Crippen LogP contribution in [0.3, 0.4) is 0 Å². The van der Waals surface area contributed by atoms with Gasteiger partial charge in [0.05, 0.1) is 23.0 Å². The van der Waals surface area contributed by atoms with Crippen molar-refractivity contribution in [3.05, 3.63) is 115 Å². The maximum absolute atomic E-state index is 13.3. The van der Waals surface area contributed by atoms with Gasteiger partial charge in [0.2, 0.25) is 0 Å². The fraction of sp³-hybridized carbons (Fsp3) is 0.0357. The summed E-state index contributed by atoms with van der Waals surface area (Å²) in [4.78, 5) is 17.0. The van der Waals surface area contributed by atoms with E-state index in [0.29, 0.717) is 0 Å². The minimum Gasteiger partial charge on any atom is -0.271 e. The summed E-state index contributed by atoms with van der Waals surface area (Å²) in [6.45, 7) is -0.462. The first kappa shape index (κ1) is 23.2. The van der Waals surface area contributed by atoms with Gasteiger partial charge in [0.1, 0.15) is 6.54 Å². The molecule has 0 saturated heterocycles. The Morgan fingerprint density at radius 3 is 2.14 bits per heavy atom. The van der Waals surface area contributed by atoms with Gasteiger partial charge in [-0.3, -0.25) is 14.1 Å². The average Bonchev–Trinajstić information content (AvgIpc) is 2.92. The number of anilines is 1. The van der Waals surface area contributed by atoms with E-state index in [1.807, 2.05) is 48.5 Å². The fourth-order valence-electron chi connectivity index (χ4n) is 4.06. The van der Waals surface area contributed by atoms with Gasteiger partial charge in [0.15, 0.2) is 0 Å². The Hall–Kier alpha value is -4.56. The second kappa shape index (κ2) is 9.97. The van der Waals surface area contributed by atoms with Crippen molar-refractivity contribution in [2.75, 3.05) is 10.8 Å². The number of hydrogen-bond donors (Lipinski definition) is 1. The number of hydrazone groups is 1. The van der Waals surface area contributed by atoms with E-state index in [1.165, 1.54) is 24.5 Å². The van der Waals surface area contributed by atoms with Crippen molar-refractivity contribution in [1.82, 2.24) is 10.4 Å². The Morgan fingerprint density at radius 1 is 0.861 bits per heavy atom. The molecule has 1 amide bonds. The molecule has 0 aliphatic rings. The van der Waals surface area contributed by atoms with E-state index in [1.54, 1.807) is 36.5 Å². The largest absolute Gasteiger partial charge is 0.271 e. The second-order valence-electron chi connectivity index (χ2n) is 8.06. The van der Waals surface area contributed by atoms with Gasteiger partial charge in [0, 0.05) is 11.8 Å². The molecule has 0 saturated carbocycles. The molecule has 1 aromatic heterocycles. The van der Waals surface area contributed by atoms with Gasteiger partial charge in [-0.2, -0.15) is 5.10 Å². The van der Waals surface area contributed by atoms with Crippen LogP contribution in [-0.2, 0) is 14.8 Å². The highest BCUT2D eigenvalue weighted by atomic mass is 32.2. The lowest BCUT2D eigenvalue weighted by Gasteiger charge is -2.23. The zero-order chi connectivity index (χ0) is 25.0. The number of pyridine rings is 1. The topological polar surface area (TPSA) is 91.7 Å². The summed E-state index contributed by atoms with van der Waals surface area (Å²) in [5, 5.41) is 8.29. The van der Waals surface area contributed by atoms with Crippen molar-refractivity contribution in [2.45, 2.75) is 4.90 Å². The number of nitrogens with one attached hydrogen (secondary N) is 1. The van der Waals surface area contributed by atoms with Gasteiger partial charge in [-0.25, -0.2) is 13.8 Å². The maximum atomic E-state index is 13.3. The number of sulfonamides is 1. The molecule has 36 heavy (non-hydrogen) atoms. The molecule has 0 bridgehead atoms. The minimum atomic E-state index is -4.00. The van der Waals surface area contributed by atoms with Crippen molar-refractivity contribution in [3.8, 4) is 0 Å². The van der Waals surface area contributed by atoms with E-state index < -0.39 is 22.5 Å². The Labute approximate surface area is 208 Å². The molecule has 0 spiro atoms. The Balaban J connectivity index is 1.43. The lowest BCUT2D eigenvalue weighted by atomic mass is 9.97. The number of hydrogen-bond acceptors (Lipinski definition) is 5. The molecular weight excluding hydrogens is 472 g/mol. The lowest BCUT2D eigenvalue weighted by molar-refractivity contribution is -0.119. The molecule has 4 aromatic carbocycles. The Morgan fingerprint density at radius 2 is 1.50 bits per heavy atom. The number of nitrogens with zero attached hydrogens (tertiary/aromatic N) is 3. The third-order valence-corrected chi connectivity index (χ3v) is 7.54. The minimum absolute atomic E-state index is 0.0763. The summed E-state index contributed by atoms with van der Waals surface area (Å²) < 4.78 is 27.7. The summed E-state index contributed by atoms with van der Waals surface area (Å²) in [6, 6.07) is 29.2. The first-order chi connectivity index (χ1) is 17.5. The summed E-state index contributed by atoms with van der Waals surface area (Å²) in [6.07, 6.45) is 4.54. The number of carbonyl (C=O) groups is 1. The summed E-state index contributed by atoms with van der Waals surface area (Å²) in [5.41, 5.74) is 3.63. The molecule has 5 aromatic rings. The number of amides is 1. The number of aromatic nitrogens is 1.